The smallest absolute Gasteiger partial charge is 0.341 e. The van der Waals surface area contributed by atoms with Gasteiger partial charge < -0.3 is 15.2 Å². The number of nitrogens with zero attached hydrogens (tertiary/aromatic N) is 2. The summed E-state index contributed by atoms with van der Waals surface area (Å²) in [7, 11) is 0. The molecule has 7 heteroatoms. The highest BCUT2D eigenvalue weighted by Gasteiger charge is 2.32. The molecular formula is C20H25N3O4. The zero-order valence-electron chi connectivity index (χ0n) is 15.9. The fraction of sp³-hybridized carbons (Fsp3) is 0.450. The largest absolute Gasteiger partial charge is 0.482 e. The van der Waals surface area contributed by atoms with E-state index in [0.29, 0.717) is 23.9 Å². The Balaban J connectivity index is 1.66. The first-order chi connectivity index (χ1) is 12.7. The van der Waals surface area contributed by atoms with Crippen LogP contribution >= 0.6 is 0 Å². The second kappa shape index (κ2) is 7.42. The normalized spacial score (nSPS) is 14.0. The van der Waals surface area contributed by atoms with Crippen LogP contribution in [-0.2, 0) is 16.9 Å². The Kier molecular flexibility index (Phi) is 5.21. The van der Waals surface area contributed by atoms with Crippen molar-refractivity contribution < 1.29 is 19.4 Å². The minimum Gasteiger partial charge on any atom is -0.482 e. The maximum atomic E-state index is 12.6. The van der Waals surface area contributed by atoms with Crippen molar-refractivity contribution in [3.63, 3.8) is 0 Å². The summed E-state index contributed by atoms with van der Waals surface area (Å²) in [5.74, 6) is -0.301. The summed E-state index contributed by atoms with van der Waals surface area (Å²) in [4.78, 5) is 23.1. The van der Waals surface area contributed by atoms with Gasteiger partial charge in [-0.1, -0.05) is 12.1 Å². The van der Waals surface area contributed by atoms with E-state index in [-0.39, 0.29) is 11.4 Å². The Hall–Kier alpha value is -2.83. The van der Waals surface area contributed by atoms with E-state index >= 15 is 0 Å². The van der Waals surface area contributed by atoms with Crippen molar-refractivity contribution in [3.05, 3.63) is 47.3 Å². The highest BCUT2D eigenvalue weighted by atomic mass is 16.5. The molecule has 2 N–H and O–H groups in total. The molecule has 1 saturated carbocycles. The Morgan fingerprint density at radius 1 is 1.30 bits per heavy atom. The molecule has 0 saturated heterocycles. The van der Waals surface area contributed by atoms with Gasteiger partial charge in [0.15, 0.2) is 6.61 Å². The molecule has 7 nitrogen and oxygen atoms in total. The predicted octanol–water partition coefficient (Wildman–Crippen LogP) is 2.91. The Bertz CT molecular complexity index is 847. The fourth-order valence-electron chi connectivity index (χ4n) is 2.88. The maximum Gasteiger partial charge on any atom is 0.341 e. The van der Waals surface area contributed by atoms with Gasteiger partial charge in [0, 0.05) is 18.2 Å². The van der Waals surface area contributed by atoms with E-state index in [0.717, 1.165) is 24.1 Å². The average molecular weight is 371 g/mol. The van der Waals surface area contributed by atoms with Gasteiger partial charge in [0.05, 0.1) is 5.54 Å². The van der Waals surface area contributed by atoms with Crippen LogP contribution < -0.4 is 10.1 Å². The van der Waals surface area contributed by atoms with Crippen LogP contribution in [0.5, 0.6) is 5.75 Å². The number of carboxylic acids is 1. The standard InChI is InChI=1S/C20H25N3O4/c1-20(2,3)23-17(14-7-8-14)10-16(22-23)19(26)21-11-13-5-4-6-15(9-13)27-12-18(24)25/h4-6,9-10,14H,7-8,11-12H2,1-3H3,(H,21,26)(H,24,25). The Morgan fingerprint density at radius 3 is 2.67 bits per heavy atom. The van der Waals surface area contributed by atoms with Crippen LogP contribution in [0, 0.1) is 0 Å². The highest BCUT2D eigenvalue weighted by molar-refractivity contribution is 5.92. The molecular weight excluding hydrogens is 346 g/mol. The summed E-state index contributed by atoms with van der Waals surface area (Å²) in [6, 6.07) is 8.90. The number of carboxylic acid groups (broad SMARTS) is 1. The van der Waals surface area contributed by atoms with Gasteiger partial charge in [-0.25, -0.2) is 4.79 Å². The minimum absolute atomic E-state index is 0.174. The molecule has 1 amide bonds. The van der Waals surface area contributed by atoms with Crippen molar-refractivity contribution in [1.29, 1.82) is 0 Å². The van der Waals surface area contributed by atoms with E-state index < -0.39 is 12.6 Å². The molecule has 1 heterocycles. The molecule has 0 atom stereocenters. The molecule has 27 heavy (non-hydrogen) atoms. The SMILES string of the molecule is CC(C)(C)n1nc(C(=O)NCc2cccc(OCC(=O)O)c2)cc1C1CC1. The Morgan fingerprint density at radius 2 is 2.04 bits per heavy atom. The van der Waals surface area contributed by atoms with E-state index in [2.05, 4.69) is 31.2 Å². The van der Waals surface area contributed by atoms with E-state index in [9.17, 15) is 9.59 Å². The third-order valence-electron chi connectivity index (χ3n) is 4.31. The lowest BCUT2D eigenvalue weighted by Gasteiger charge is -2.22. The lowest BCUT2D eigenvalue weighted by atomic mass is 10.1. The molecule has 1 aliphatic carbocycles. The summed E-state index contributed by atoms with van der Waals surface area (Å²) in [5.41, 5.74) is 2.19. The zero-order valence-corrected chi connectivity index (χ0v) is 15.9. The molecule has 1 aromatic heterocycles. The number of carbonyl (C=O) groups is 2. The van der Waals surface area contributed by atoms with Crippen LogP contribution in [0.3, 0.4) is 0 Å². The van der Waals surface area contributed by atoms with E-state index in [1.807, 2.05) is 16.8 Å². The van der Waals surface area contributed by atoms with Gasteiger partial charge in [-0.05, 0) is 57.4 Å². The van der Waals surface area contributed by atoms with Gasteiger partial charge in [0.1, 0.15) is 11.4 Å². The van der Waals surface area contributed by atoms with Gasteiger partial charge in [-0.2, -0.15) is 5.10 Å². The molecule has 3 rings (SSSR count). The second-order valence-corrected chi connectivity index (χ2v) is 7.82. The first-order valence-electron chi connectivity index (χ1n) is 9.06. The van der Waals surface area contributed by atoms with Gasteiger partial charge in [0.25, 0.3) is 5.91 Å². The molecule has 0 aliphatic heterocycles. The van der Waals surface area contributed by atoms with Crippen LogP contribution in [0.2, 0.25) is 0 Å². The summed E-state index contributed by atoms with van der Waals surface area (Å²) in [5, 5.41) is 16.1. The van der Waals surface area contributed by atoms with Crippen molar-refractivity contribution in [3.8, 4) is 5.75 Å². The van der Waals surface area contributed by atoms with E-state index in [1.54, 1.807) is 18.2 Å². The quantitative estimate of drug-likeness (QED) is 0.780. The van der Waals surface area contributed by atoms with Gasteiger partial charge in [-0.15, -0.1) is 0 Å². The van der Waals surface area contributed by atoms with Gasteiger partial charge >= 0.3 is 5.97 Å². The lowest BCUT2D eigenvalue weighted by molar-refractivity contribution is -0.139. The van der Waals surface area contributed by atoms with Crippen molar-refractivity contribution in [1.82, 2.24) is 15.1 Å². The van der Waals surface area contributed by atoms with Gasteiger partial charge in [-0.3, -0.25) is 9.48 Å². The van der Waals surface area contributed by atoms with Crippen LogP contribution in [0.15, 0.2) is 30.3 Å². The molecule has 2 aromatic rings. The minimum atomic E-state index is -1.03. The predicted molar refractivity (Wildman–Crippen MR) is 99.9 cm³/mol. The number of aliphatic carboxylic acids is 1. The Labute approximate surface area is 158 Å². The first-order valence-corrected chi connectivity index (χ1v) is 9.06. The summed E-state index contributed by atoms with van der Waals surface area (Å²) in [6.45, 7) is 6.15. The number of ether oxygens (including phenoxy) is 1. The fourth-order valence-corrected chi connectivity index (χ4v) is 2.88. The molecule has 1 fully saturated rings. The van der Waals surface area contributed by atoms with Crippen LogP contribution in [-0.4, -0.2) is 33.4 Å². The molecule has 0 unspecified atom stereocenters. The average Bonchev–Trinajstić information content (AvgIpc) is 3.35. The number of amides is 1. The first kappa shape index (κ1) is 18.9. The zero-order chi connectivity index (χ0) is 19.6. The van der Waals surface area contributed by atoms with Gasteiger partial charge in [0.2, 0.25) is 0 Å². The maximum absolute atomic E-state index is 12.6. The number of hydrogen-bond donors (Lipinski definition) is 2. The highest BCUT2D eigenvalue weighted by Crippen LogP contribution is 2.41. The number of benzene rings is 1. The number of aromatic nitrogens is 2. The van der Waals surface area contributed by atoms with Crippen molar-refractivity contribution in [2.24, 2.45) is 0 Å². The van der Waals surface area contributed by atoms with Crippen molar-refractivity contribution in [2.75, 3.05) is 6.61 Å². The van der Waals surface area contributed by atoms with Crippen LogP contribution in [0.4, 0.5) is 0 Å². The molecule has 0 spiro atoms. The van der Waals surface area contributed by atoms with Crippen molar-refractivity contribution >= 4 is 11.9 Å². The molecule has 1 aromatic carbocycles. The third-order valence-corrected chi connectivity index (χ3v) is 4.31. The summed E-state index contributed by atoms with van der Waals surface area (Å²) < 4.78 is 7.12. The van der Waals surface area contributed by atoms with E-state index in [1.165, 1.54) is 0 Å². The molecule has 144 valence electrons. The topological polar surface area (TPSA) is 93.5 Å². The number of nitrogens with one attached hydrogen (secondary N) is 1. The summed E-state index contributed by atoms with van der Waals surface area (Å²) >= 11 is 0. The van der Waals surface area contributed by atoms with Crippen LogP contribution in [0.1, 0.15) is 61.3 Å². The molecule has 0 bridgehead atoms. The third kappa shape index (κ3) is 4.87. The molecule has 0 radical (unpaired) electrons. The molecule has 1 aliphatic rings. The lowest BCUT2D eigenvalue weighted by Crippen LogP contribution is -2.27. The summed E-state index contributed by atoms with van der Waals surface area (Å²) in [6.07, 6.45) is 2.29. The second-order valence-electron chi connectivity index (χ2n) is 7.82. The number of rotatable bonds is 7. The van der Waals surface area contributed by atoms with Crippen LogP contribution in [0.25, 0.3) is 0 Å². The van der Waals surface area contributed by atoms with E-state index in [4.69, 9.17) is 9.84 Å². The number of hydrogen-bond acceptors (Lipinski definition) is 4. The van der Waals surface area contributed by atoms with Crippen molar-refractivity contribution in [2.45, 2.75) is 51.6 Å². The number of carbonyl (C=O) groups excluding carboxylic acids is 1. The monoisotopic (exact) mass is 371 g/mol.